The van der Waals surface area contributed by atoms with Crippen LogP contribution in [-0.4, -0.2) is 16.7 Å². The minimum absolute atomic E-state index is 0.227. The molecule has 0 aliphatic heterocycles. The van der Waals surface area contributed by atoms with E-state index in [0.717, 1.165) is 32.9 Å². The topological polar surface area (TPSA) is 46.4 Å². The van der Waals surface area contributed by atoms with Crippen LogP contribution in [-0.2, 0) is 5.75 Å². The monoisotopic (exact) mass is 517 g/mol. The van der Waals surface area contributed by atoms with Gasteiger partial charge in [0.1, 0.15) is 0 Å². The Morgan fingerprint density at radius 1 is 1.00 bits per heavy atom. The standard InChI is InChI=1S/C27H24BrN3OS/c1-19-16-23(20(2)31(19)25-14-12-24(28)13-15-25)17-29-30-27(32)22-10-8-21(9-11-22)18-33-26-6-4-3-5-7-26/h3-17H,18H2,1-2H3,(H,30,32)/b29-17-. The van der Waals surface area contributed by atoms with Gasteiger partial charge in [-0.15, -0.1) is 11.8 Å². The van der Waals surface area contributed by atoms with Crippen LogP contribution in [0.1, 0.15) is 32.9 Å². The second kappa shape index (κ2) is 10.7. The van der Waals surface area contributed by atoms with Crippen LogP contribution in [0.15, 0.2) is 99.4 Å². The lowest BCUT2D eigenvalue weighted by molar-refractivity contribution is 0.0955. The molecular weight excluding hydrogens is 494 g/mol. The molecule has 1 N–H and O–H groups in total. The number of carbonyl (C=O) groups is 1. The second-order valence-corrected chi connectivity index (χ2v) is 9.60. The van der Waals surface area contributed by atoms with Gasteiger partial charge >= 0.3 is 0 Å². The molecule has 33 heavy (non-hydrogen) atoms. The summed E-state index contributed by atoms with van der Waals surface area (Å²) < 4.78 is 3.21. The van der Waals surface area contributed by atoms with Crippen molar-refractivity contribution in [1.82, 2.24) is 9.99 Å². The molecule has 0 saturated carbocycles. The third kappa shape index (κ3) is 5.83. The Morgan fingerprint density at radius 3 is 2.39 bits per heavy atom. The summed E-state index contributed by atoms with van der Waals surface area (Å²) in [5, 5.41) is 4.19. The average Bonchev–Trinajstić information content (AvgIpc) is 3.12. The van der Waals surface area contributed by atoms with Crippen molar-refractivity contribution in [3.05, 3.63) is 117 Å². The molecule has 0 radical (unpaired) electrons. The fourth-order valence-electron chi connectivity index (χ4n) is 3.57. The van der Waals surface area contributed by atoms with E-state index >= 15 is 0 Å². The van der Waals surface area contributed by atoms with Gasteiger partial charge in [-0.3, -0.25) is 4.79 Å². The molecule has 0 spiro atoms. The number of halogens is 1. The highest BCUT2D eigenvalue weighted by atomic mass is 79.9. The van der Waals surface area contributed by atoms with Gasteiger partial charge in [-0.2, -0.15) is 5.10 Å². The molecule has 4 aromatic rings. The number of carbonyl (C=O) groups excluding carboxylic acids is 1. The number of nitrogens with zero attached hydrogens (tertiary/aromatic N) is 2. The third-order valence-electron chi connectivity index (χ3n) is 5.29. The van der Waals surface area contributed by atoms with E-state index in [-0.39, 0.29) is 5.91 Å². The predicted octanol–water partition coefficient (Wildman–Crippen LogP) is 6.91. The molecule has 0 fully saturated rings. The van der Waals surface area contributed by atoms with Crippen LogP contribution in [0.4, 0.5) is 0 Å². The Kier molecular flexibility index (Phi) is 7.47. The van der Waals surface area contributed by atoms with Crippen LogP contribution >= 0.6 is 27.7 Å². The van der Waals surface area contributed by atoms with Gasteiger partial charge in [0.15, 0.2) is 0 Å². The normalized spacial score (nSPS) is 11.1. The zero-order valence-corrected chi connectivity index (χ0v) is 20.9. The molecule has 1 heterocycles. The largest absolute Gasteiger partial charge is 0.318 e. The second-order valence-electron chi connectivity index (χ2n) is 7.64. The molecular formula is C27H24BrN3OS. The summed E-state index contributed by atoms with van der Waals surface area (Å²) in [4.78, 5) is 13.7. The molecule has 4 nitrogen and oxygen atoms in total. The van der Waals surface area contributed by atoms with Crippen molar-refractivity contribution in [1.29, 1.82) is 0 Å². The molecule has 6 heteroatoms. The number of hydrogen-bond donors (Lipinski definition) is 1. The summed E-state index contributed by atoms with van der Waals surface area (Å²) in [5.74, 6) is 0.633. The minimum atomic E-state index is -0.227. The number of hydrazone groups is 1. The number of thioether (sulfide) groups is 1. The summed E-state index contributed by atoms with van der Waals surface area (Å²) in [7, 11) is 0. The van der Waals surface area contributed by atoms with Crippen molar-refractivity contribution in [2.24, 2.45) is 5.10 Å². The van der Waals surface area contributed by atoms with Gasteiger partial charge in [0, 0.05) is 43.3 Å². The minimum Gasteiger partial charge on any atom is -0.318 e. The van der Waals surface area contributed by atoms with Gasteiger partial charge in [0.2, 0.25) is 0 Å². The Hall–Kier alpha value is -3.09. The molecule has 0 atom stereocenters. The van der Waals surface area contributed by atoms with Crippen molar-refractivity contribution in [2.75, 3.05) is 0 Å². The van der Waals surface area contributed by atoms with Gasteiger partial charge in [-0.05, 0) is 74.0 Å². The first kappa shape index (κ1) is 23.1. The van der Waals surface area contributed by atoms with Crippen molar-refractivity contribution in [3.8, 4) is 5.69 Å². The van der Waals surface area contributed by atoms with E-state index in [1.807, 2.05) is 61.5 Å². The Labute approximate surface area is 206 Å². The van der Waals surface area contributed by atoms with Gasteiger partial charge in [0.05, 0.1) is 6.21 Å². The van der Waals surface area contributed by atoms with Crippen LogP contribution in [0.5, 0.6) is 0 Å². The smallest absolute Gasteiger partial charge is 0.271 e. The van der Waals surface area contributed by atoms with E-state index < -0.39 is 0 Å². The molecule has 3 aromatic carbocycles. The first-order chi connectivity index (χ1) is 16.0. The third-order valence-corrected chi connectivity index (χ3v) is 6.90. The number of amides is 1. The maximum atomic E-state index is 12.5. The lowest BCUT2D eigenvalue weighted by Crippen LogP contribution is -2.17. The van der Waals surface area contributed by atoms with Crippen molar-refractivity contribution in [2.45, 2.75) is 24.5 Å². The number of hydrogen-bond acceptors (Lipinski definition) is 3. The van der Waals surface area contributed by atoms with Crippen molar-refractivity contribution >= 4 is 39.8 Å². The maximum Gasteiger partial charge on any atom is 0.271 e. The van der Waals surface area contributed by atoms with Gasteiger partial charge < -0.3 is 4.57 Å². The van der Waals surface area contributed by atoms with E-state index in [9.17, 15) is 4.79 Å². The number of aromatic nitrogens is 1. The molecule has 166 valence electrons. The van der Waals surface area contributed by atoms with Crippen molar-refractivity contribution in [3.63, 3.8) is 0 Å². The molecule has 0 aliphatic rings. The zero-order chi connectivity index (χ0) is 23.2. The summed E-state index contributed by atoms with van der Waals surface area (Å²) in [6.07, 6.45) is 1.69. The number of aryl methyl sites for hydroxylation is 1. The van der Waals surface area contributed by atoms with Gasteiger partial charge in [0.25, 0.3) is 5.91 Å². The highest BCUT2D eigenvalue weighted by molar-refractivity contribution is 9.10. The quantitative estimate of drug-likeness (QED) is 0.164. The van der Waals surface area contributed by atoms with E-state index in [1.54, 1.807) is 18.0 Å². The highest BCUT2D eigenvalue weighted by Crippen LogP contribution is 2.23. The summed E-state index contributed by atoms with van der Waals surface area (Å²) in [5.41, 5.74) is 8.61. The van der Waals surface area contributed by atoms with Crippen LogP contribution in [0, 0.1) is 13.8 Å². The first-order valence-corrected chi connectivity index (χ1v) is 12.3. The maximum absolute atomic E-state index is 12.5. The average molecular weight is 518 g/mol. The molecule has 4 rings (SSSR count). The lowest BCUT2D eigenvalue weighted by Gasteiger charge is -2.09. The molecule has 0 bridgehead atoms. The number of nitrogens with one attached hydrogen (secondary N) is 1. The first-order valence-electron chi connectivity index (χ1n) is 10.6. The van der Waals surface area contributed by atoms with Gasteiger partial charge in [-0.1, -0.05) is 46.3 Å². The molecule has 1 aromatic heterocycles. The summed E-state index contributed by atoms with van der Waals surface area (Å²) in [6, 6.07) is 28.2. The zero-order valence-electron chi connectivity index (χ0n) is 18.5. The van der Waals surface area contributed by atoms with Crippen LogP contribution in [0.25, 0.3) is 5.69 Å². The van der Waals surface area contributed by atoms with E-state index in [1.165, 1.54) is 10.5 Å². The summed E-state index contributed by atoms with van der Waals surface area (Å²) >= 11 is 5.25. The summed E-state index contributed by atoms with van der Waals surface area (Å²) in [6.45, 7) is 4.10. The molecule has 1 amide bonds. The predicted molar refractivity (Wildman–Crippen MR) is 140 cm³/mol. The van der Waals surface area contributed by atoms with Crippen LogP contribution in [0.2, 0.25) is 0 Å². The van der Waals surface area contributed by atoms with E-state index in [0.29, 0.717) is 5.56 Å². The number of benzene rings is 3. The molecule has 0 aliphatic carbocycles. The van der Waals surface area contributed by atoms with Crippen LogP contribution < -0.4 is 5.43 Å². The number of rotatable bonds is 7. The highest BCUT2D eigenvalue weighted by Gasteiger charge is 2.10. The molecule has 0 unspecified atom stereocenters. The Bertz CT molecular complexity index is 1260. The van der Waals surface area contributed by atoms with Crippen molar-refractivity contribution < 1.29 is 4.79 Å². The van der Waals surface area contributed by atoms with E-state index in [4.69, 9.17) is 0 Å². The molecule has 0 saturated heterocycles. The SMILES string of the molecule is Cc1cc(/C=N\NC(=O)c2ccc(CSc3ccccc3)cc2)c(C)n1-c1ccc(Br)cc1. The van der Waals surface area contributed by atoms with E-state index in [2.05, 4.69) is 68.3 Å². The fraction of sp³-hybridized carbons (Fsp3) is 0.111. The Balaban J connectivity index is 1.37. The van der Waals surface area contributed by atoms with Crippen LogP contribution in [0.3, 0.4) is 0 Å². The Morgan fingerprint density at radius 2 is 1.70 bits per heavy atom. The lowest BCUT2D eigenvalue weighted by atomic mass is 10.1. The fourth-order valence-corrected chi connectivity index (χ4v) is 4.71. The van der Waals surface area contributed by atoms with Gasteiger partial charge in [-0.25, -0.2) is 5.43 Å².